The van der Waals surface area contributed by atoms with Gasteiger partial charge in [-0.1, -0.05) is 17.3 Å². The lowest BCUT2D eigenvalue weighted by Gasteiger charge is -2.34. The summed E-state index contributed by atoms with van der Waals surface area (Å²) < 4.78 is 45.0. The third-order valence-corrected chi connectivity index (χ3v) is 6.33. The van der Waals surface area contributed by atoms with Crippen LogP contribution in [0.1, 0.15) is 12.6 Å². The van der Waals surface area contributed by atoms with Crippen molar-refractivity contribution in [2.24, 2.45) is 0 Å². The molecule has 146 valence electrons. The number of sulfonamides is 1. The van der Waals surface area contributed by atoms with Gasteiger partial charge in [0, 0.05) is 11.6 Å². The zero-order valence-electron chi connectivity index (χ0n) is 15.7. The minimum atomic E-state index is -3.91. The molecule has 0 spiro atoms. The van der Waals surface area contributed by atoms with Crippen molar-refractivity contribution in [3.8, 4) is 22.8 Å². The van der Waals surface area contributed by atoms with Gasteiger partial charge in [-0.3, -0.25) is 4.31 Å². The van der Waals surface area contributed by atoms with Gasteiger partial charge in [0.2, 0.25) is 0 Å². The maximum Gasteiger partial charge on any atom is 0.268 e. The van der Waals surface area contributed by atoms with Crippen LogP contribution < -0.4 is 13.8 Å². The van der Waals surface area contributed by atoms with Crippen LogP contribution in [0.15, 0.2) is 57.9 Å². The number of ether oxygens (including phenoxy) is 2. The second kappa shape index (κ2) is 6.87. The van der Waals surface area contributed by atoms with Gasteiger partial charge in [-0.15, -0.1) is 0 Å². The third kappa shape index (κ3) is 3.09. The van der Waals surface area contributed by atoms with Gasteiger partial charge in [-0.2, -0.15) is 0 Å². The Labute approximate surface area is 163 Å². The Morgan fingerprint density at radius 1 is 1.18 bits per heavy atom. The number of fused-ring (bicyclic) bond motifs is 1. The second-order valence-electron chi connectivity index (χ2n) is 6.63. The lowest BCUT2D eigenvalue weighted by atomic mass is 10.1. The topological polar surface area (TPSA) is 81.9 Å². The molecule has 0 saturated carbocycles. The lowest BCUT2D eigenvalue weighted by molar-refractivity contribution is 0.219. The number of hydrogen-bond donors (Lipinski definition) is 0. The number of anilines is 1. The predicted octanol–water partition coefficient (Wildman–Crippen LogP) is 3.63. The fraction of sp³-hybridized carbons (Fsp3) is 0.250. The van der Waals surface area contributed by atoms with Crippen LogP contribution in [0.5, 0.6) is 11.5 Å². The third-order valence-electron chi connectivity index (χ3n) is 4.53. The highest BCUT2D eigenvalue weighted by Crippen LogP contribution is 2.39. The van der Waals surface area contributed by atoms with Crippen molar-refractivity contribution in [1.82, 2.24) is 5.16 Å². The monoisotopic (exact) mass is 400 g/mol. The highest BCUT2D eigenvalue weighted by molar-refractivity contribution is 7.93. The van der Waals surface area contributed by atoms with E-state index in [2.05, 4.69) is 5.16 Å². The first-order valence-electron chi connectivity index (χ1n) is 8.80. The maximum absolute atomic E-state index is 13.6. The van der Waals surface area contributed by atoms with Crippen molar-refractivity contribution in [3.63, 3.8) is 0 Å². The van der Waals surface area contributed by atoms with Crippen LogP contribution in [0, 0.1) is 6.92 Å². The summed E-state index contributed by atoms with van der Waals surface area (Å²) in [5, 5.41) is 3.87. The molecule has 2 aromatic carbocycles. The Bertz CT molecular complexity index is 1120. The predicted molar refractivity (Wildman–Crippen MR) is 104 cm³/mol. The van der Waals surface area contributed by atoms with E-state index in [0.29, 0.717) is 28.5 Å². The normalized spacial score (nSPS) is 16.4. The summed E-state index contributed by atoms with van der Waals surface area (Å²) >= 11 is 0. The van der Waals surface area contributed by atoms with E-state index in [1.165, 1.54) is 11.4 Å². The van der Waals surface area contributed by atoms with Crippen LogP contribution in [0.3, 0.4) is 0 Å². The zero-order chi connectivity index (χ0) is 19.9. The van der Waals surface area contributed by atoms with Crippen molar-refractivity contribution in [2.75, 3.05) is 18.0 Å². The minimum Gasteiger partial charge on any atom is -0.495 e. The molecule has 4 rings (SSSR count). The standard InChI is InChI=1S/C20H20N2O5S/c1-13-10-19(27-21-13)15-8-9-18(25-3)20(11-15)28(23,24)22-12-14(2)26-17-7-5-4-6-16(17)22/h4-11,14H,12H2,1-3H3/t14-/m1/s1. The van der Waals surface area contributed by atoms with Gasteiger partial charge in [0.1, 0.15) is 22.5 Å². The summed E-state index contributed by atoms with van der Waals surface area (Å²) in [4.78, 5) is 0.0606. The average Bonchev–Trinajstić information content (AvgIpc) is 3.13. The van der Waals surface area contributed by atoms with E-state index < -0.39 is 10.0 Å². The zero-order valence-corrected chi connectivity index (χ0v) is 16.6. The first kappa shape index (κ1) is 18.4. The van der Waals surface area contributed by atoms with Crippen molar-refractivity contribution < 1.29 is 22.4 Å². The maximum atomic E-state index is 13.6. The fourth-order valence-electron chi connectivity index (χ4n) is 3.23. The molecule has 28 heavy (non-hydrogen) atoms. The number of para-hydroxylation sites is 2. The van der Waals surface area contributed by atoms with Gasteiger partial charge < -0.3 is 14.0 Å². The fourth-order valence-corrected chi connectivity index (χ4v) is 4.96. The van der Waals surface area contributed by atoms with Crippen LogP contribution in [-0.2, 0) is 10.0 Å². The highest BCUT2D eigenvalue weighted by atomic mass is 32.2. The van der Waals surface area contributed by atoms with Gasteiger partial charge in [0.25, 0.3) is 10.0 Å². The summed E-state index contributed by atoms with van der Waals surface area (Å²) in [7, 11) is -2.46. The molecule has 0 N–H and O–H groups in total. The van der Waals surface area contributed by atoms with Crippen LogP contribution in [0.2, 0.25) is 0 Å². The van der Waals surface area contributed by atoms with Gasteiger partial charge in [-0.05, 0) is 44.2 Å². The van der Waals surface area contributed by atoms with Crippen LogP contribution in [0.4, 0.5) is 5.69 Å². The number of nitrogens with zero attached hydrogens (tertiary/aromatic N) is 2. The number of methoxy groups -OCH3 is 1. The first-order chi connectivity index (χ1) is 13.4. The Morgan fingerprint density at radius 3 is 2.68 bits per heavy atom. The first-order valence-corrected chi connectivity index (χ1v) is 10.2. The largest absolute Gasteiger partial charge is 0.495 e. The molecule has 0 bridgehead atoms. The van der Waals surface area contributed by atoms with E-state index in [0.717, 1.165) is 0 Å². The van der Waals surface area contributed by atoms with Crippen LogP contribution in [0.25, 0.3) is 11.3 Å². The number of hydrogen-bond acceptors (Lipinski definition) is 6. The van der Waals surface area contributed by atoms with Gasteiger partial charge >= 0.3 is 0 Å². The van der Waals surface area contributed by atoms with Gasteiger partial charge in [0.05, 0.1) is 25.0 Å². The van der Waals surface area contributed by atoms with Crippen LogP contribution in [-0.4, -0.2) is 33.3 Å². The SMILES string of the molecule is COc1ccc(-c2cc(C)no2)cc1S(=O)(=O)N1C[C@@H](C)Oc2ccccc21. The molecular formula is C20H20N2O5S. The van der Waals surface area contributed by atoms with Crippen molar-refractivity contribution in [3.05, 3.63) is 54.2 Å². The molecule has 0 fully saturated rings. The number of benzene rings is 2. The molecule has 3 aromatic rings. The molecule has 0 saturated heterocycles. The Morgan fingerprint density at radius 2 is 1.96 bits per heavy atom. The number of aromatic nitrogens is 1. The van der Waals surface area contributed by atoms with E-state index in [-0.39, 0.29) is 23.3 Å². The Balaban J connectivity index is 1.85. The van der Waals surface area contributed by atoms with E-state index in [1.807, 2.05) is 13.0 Å². The van der Waals surface area contributed by atoms with Crippen LogP contribution >= 0.6 is 0 Å². The van der Waals surface area contributed by atoms with E-state index >= 15 is 0 Å². The Kier molecular flexibility index (Phi) is 4.50. The minimum absolute atomic E-state index is 0.0606. The van der Waals surface area contributed by atoms with Crippen molar-refractivity contribution in [1.29, 1.82) is 0 Å². The van der Waals surface area contributed by atoms with E-state index in [1.54, 1.807) is 49.4 Å². The average molecular weight is 400 g/mol. The lowest BCUT2D eigenvalue weighted by Crippen LogP contribution is -2.42. The molecule has 7 nitrogen and oxygen atoms in total. The summed E-state index contributed by atoms with van der Waals surface area (Å²) in [5.41, 5.74) is 1.82. The molecular weight excluding hydrogens is 380 g/mol. The smallest absolute Gasteiger partial charge is 0.268 e. The highest BCUT2D eigenvalue weighted by Gasteiger charge is 2.35. The molecule has 0 unspecified atom stereocenters. The van der Waals surface area contributed by atoms with Gasteiger partial charge in [0.15, 0.2) is 5.76 Å². The van der Waals surface area contributed by atoms with E-state index in [9.17, 15) is 8.42 Å². The van der Waals surface area contributed by atoms with Crippen molar-refractivity contribution in [2.45, 2.75) is 24.8 Å². The molecule has 1 aliphatic rings. The quantitative estimate of drug-likeness (QED) is 0.665. The second-order valence-corrected chi connectivity index (χ2v) is 8.46. The molecule has 1 aliphatic heterocycles. The molecule has 0 amide bonds. The van der Waals surface area contributed by atoms with E-state index in [4.69, 9.17) is 14.0 Å². The Hall–Kier alpha value is -3.00. The molecule has 2 heterocycles. The molecule has 1 aromatic heterocycles. The molecule has 8 heteroatoms. The van der Waals surface area contributed by atoms with Gasteiger partial charge in [-0.25, -0.2) is 8.42 Å². The summed E-state index contributed by atoms with van der Waals surface area (Å²) in [6.07, 6.45) is -0.282. The summed E-state index contributed by atoms with van der Waals surface area (Å²) in [6.45, 7) is 3.85. The molecule has 1 atom stereocenters. The van der Waals surface area contributed by atoms with Crippen molar-refractivity contribution >= 4 is 15.7 Å². The number of rotatable bonds is 4. The molecule has 0 radical (unpaired) electrons. The summed E-state index contributed by atoms with van der Waals surface area (Å²) in [6, 6.07) is 13.8. The summed E-state index contributed by atoms with van der Waals surface area (Å²) in [5.74, 6) is 1.29. The number of aryl methyl sites for hydroxylation is 1. The molecule has 0 aliphatic carbocycles.